The van der Waals surface area contributed by atoms with E-state index in [0.29, 0.717) is 11.7 Å². The van der Waals surface area contributed by atoms with Crippen LogP contribution < -0.4 is 10.5 Å². The number of rotatable bonds is 10. The topological polar surface area (TPSA) is 52.3 Å². The highest BCUT2D eigenvalue weighted by Gasteiger charge is 2.26. The summed E-state index contributed by atoms with van der Waals surface area (Å²) in [5.41, 5.74) is 5.41. The molecule has 1 aromatic carbocycles. The second-order valence-electron chi connectivity index (χ2n) is 6.42. The minimum Gasteiger partial charge on any atom is -0.491 e. The van der Waals surface area contributed by atoms with Crippen LogP contribution in [0, 0.1) is 11.7 Å². The van der Waals surface area contributed by atoms with Crippen LogP contribution in [0.15, 0.2) is 24.3 Å². The average Bonchev–Trinajstić information content (AvgIpc) is 2.49. The number of halogens is 1. The lowest BCUT2D eigenvalue weighted by atomic mass is 10.0. The Balaban J connectivity index is 2.38. The van der Waals surface area contributed by atoms with E-state index < -0.39 is 4.75 Å². The molecule has 0 saturated heterocycles. The van der Waals surface area contributed by atoms with Crippen molar-refractivity contribution in [1.82, 2.24) is 0 Å². The molecule has 0 bridgehead atoms. The molecule has 1 rings (SSSR count). The molecule has 2 atom stereocenters. The van der Waals surface area contributed by atoms with Crippen LogP contribution in [0.4, 0.5) is 4.39 Å². The Morgan fingerprint density at radius 3 is 2.43 bits per heavy atom. The van der Waals surface area contributed by atoms with Crippen molar-refractivity contribution in [3.05, 3.63) is 30.1 Å². The van der Waals surface area contributed by atoms with Crippen molar-refractivity contribution in [1.29, 1.82) is 0 Å². The first-order chi connectivity index (χ1) is 10.7. The van der Waals surface area contributed by atoms with Crippen LogP contribution in [0.3, 0.4) is 0 Å². The lowest BCUT2D eigenvalue weighted by molar-refractivity contribution is -0.119. The van der Waals surface area contributed by atoms with Gasteiger partial charge in [0.25, 0.3) is 0 Å². The second kappa shape index (κ2) is 9.16. The third-order valence-electron chi connectivity index (χ3n) is 3.98. The van der Waals surface area contributed by atoms with E-state index in [9.17, 15) is 9.18 Å². The number of nitrogens with two attached hydrogens (primary N) is 1. The SMILES string of the molecule is CCC(CCC(C)Oc1ccc(F)cc1)CSC(C)(C)C(N)=O. The number of ether oxygens (including phenoxy) is 1. The van der Waals surface area contributed by atoms with Gasteiger partial charge in [0, 0.05) is 0 Å². The Hall–Kier alpha value is -1.23. The molecule has 1 amide bonds. The molecule has 0 aromatic heterocycles. The highest BCUT2D eigenvalue weighted by molar-refractivity contribution is 8.01. The Labute approximate surface area is 143 Å². The lowest BCUT2D eigenvalue weighted by Crippen LogP contribution is -2.35. The van der Waals surface area contributed by atoms with Gasteiger partial charge < -0.3 is 10.5 Å². The van der Waals surface area contributed by atoms with Gasteiger partial charge in [-0.15, -0.1) is 11.8 Å². The highest BCUT2D eigenvalue weighted by Crippen LogP contribution is 2.29. The molecule has 0 aliphatic heterocycles. The van der Waals surface area contributed by atoms with Crippen molar-refractivity contribution >= 4 is 17.7 Å². The maximum atomic E-state index is 12.9. The molecule has 0 heterocycles. The molecule has 2 unspecified atom stereocenters. The Morgan fingerprint density at radius 1 is 1.30 bits per heavy atom. The monoisotopic (exact) mass is 341 g/mol. The molecule has 130 valence electrons. The van der Waals surface area contributed by atoms with Gasteiger partial charge in [0.2, 0.25) is 5.91 Å². The van der Waals surface area contributed by atoms with Crippen LogP contribution >= 0.6 is 11.8 Å². The molecule has 0 radical (unpaired) electrons. The number of hydrogen-bond acceptors (Lipinski definition) is 3. The largest absolute Gasteiger partial charge is 0.491 e. The van der Waals surface area contributed by atoms with Crippen molar-refractivity contribution in [3.8, 4) is 5.75 Å². The summed E-state index contributed by atoms with van der Waals surface area (Å²) in [6, 6.07) is 6.10. The Kier molecular flexibility index (Phi) is 7.89. The van der Waals surface area contributed by atoms with Crippen LogP contribution in [-0.2, 0) is 4.79 Å². The maximum Gasteiger partial charge on any atom is 0.233 e. The summed E-state index contributed by atoms with van der Waals surface area (Å²) in [7, 11) is 0. The fourth-order valence-corrected chi connectivity index (χ4v) is 3.27. The van der Waals surface area contributed by atoms with Gasteiger partial charge in [-0.3, -0.25) is 4.79 Å². The zero-order chi connectivity index (χ0) is 17.5. The number of primary amides is 1. The van der Waals surface area contributed by atoms with Crippen LogP contribution in [0.2, 0.25) is 0 Å². The summed E-state index contributed by atoms with van der Waals surface area (Å²) in [6.07, 6.45) is 3.09. The summed E-state index contributed by atoms with van der Waals surface area (Å²) in [4.78, 5) is 11.4. The fraction of sp³-hybridized carbons (Fsp3) is 0.611. The molecular formula is C18H28FNO2S. The van der Waals surface area contributed by atoms with E-state index in [-0.39, 0.29) is 17.8 Å². The van der Waals surface area contributed by atoms with Gasteiger partial charge in [0.1, 0.15) is 11.6 Å². The van der Waals surface area contributed by atoms with Gasteiger partial charge in [0.05, 0.1) is 10.9 Å². The summed E-state index contributed by atoms with van der Waals surface area (Å²) >= 11 is 1.62. The van der Waals surface area contributed by atoms with E-state index in [1.54, 1.807) is 23.9 Å². The molecule has 5 heteroatoms. The molecule has 2 N–H and O–H groups in total. The number of thioether (sulfide) groups is 1. The maximum absolute atomic E-state index is 12.9. The van der Waals surface area contributed by atoms with Crippen LogP contribution in [-0.4, -0.2) is 22.5 Å². The van der Waals surface area contributed by atoms with Gasteiger partial charge in [-0.1, -0.05) is 13.3 Å². The van der Waals surface area contributed by atoms with Crippen LogP contribution in [0.5, 0.6) is 5.75 Å². The molecule has 0 saturated carbocycles. The van der Waals surface area contributed by atoms with Crippen LogP contribution in [0.1, 0.15) is 47.0 Å². The Bertz CT molecular complexity index is 490. The van der Waals surface area contributed by atoms with E-state index in [1.165, 1.54) is 12.1 Å². The smallest absolute Gasteiger partial charge is 0.233 e. The highest BCUT2D eigenvalue weighted by atomic mass is 32.2. The van der Waals surface area contributed by atoms with Crippen molar-refractivity contribution < 1.29 is 13.9 Å². The van der Waals surface area contributed by atoms with Gasteiger partial charge >= 0.3 is 0 Å². The van der Waals surface area contributed by atoms with E-state index in [4.69, 9.17) is 10.5 Å². The third-order valence-corrected chi connectivity index (χ3v) is 5.54. The first-order valence-corrected chi connectivity index (χ1v) is 9.09. The zero-order valence-corrected chi connectivity index (χ0v) is 15.3. The van der Waals surface area contributed by atoms with Crippen molar-refractivity contribution in [2.75, 3.05) is 5.75 Å². The molecule has 0 fully saturated rings. The number of hydrogen-bond donors (Lipinski definition) is 1. The average molecular weight is 341 g/mol. The summed E-state index contributed by atoms with van der Waals surface area (Å²) in [5, 5.41) is 0. The van der Waals surface area contributed by atoms with Crippen molar-refractivity contribution in [2.45, 2.75) is 57.8 Å². The molecule has 3 nitrogen and oxygen atoms in total. The predicted molar refractivity (Wildman–Crippen MR) is 95.2 cm³/mol. The van der Waals surface area contributed by atoms with Gasteiger partial charge in [-0.05, 0) is 69.5 Å². The Morgan fingerprint density at radius 2 is 1.91 bits per heavy atom. The molecule has 0 aliphatic carbocycles. The fourth-order valence-electron chi connectivity index (χ4n) is 2.08. The minimum atomic E-state index is -0.524. The molecule has 23 heavy (non-hydrogen) atoms. The van der Waals surface area contributed by atoms with Crippen molar-refractivity contribution in [3.63, 3.8) is 0 Å². The van der Waals surface area contributed by atoms with Gasteiger partial charge in [-0.2, -0.15) is 0 Å². The lowest BCUT2D eigenvalue weighted by Gasteiger charge is -2.24. The standard InChI is InChI=1S/C18H28FNO2S/c1-5-14(12-23-18(3,4)17(20)21)7-6-13(2)22-16-10-8-15(19)9-11-16/h8-11,13-14H,5-7,12H2,1-4H3,(H2,20,21). The van der Waals surface area contributed by atoms with E-state index >= 15 is 0 Å². The van der Waals surface area contributed by atoms with Crippen LogP contribution in [0.25, 0.3) is 0 Å². The van der Waals surface area contributed by atoms with Gasteiger partial charge in [-0.25, -0.2) is 4.39 Å². The zero-order valence-electron chi connectivity index (χ0n) is 14.5. The first kappa shape index (κ1) is 19.8. The van der Waals surface area contributed by atoms with E-state index in [2.05, 4.69) is 6.92 Å². The first-order valence-electron chi connectivity index (χ1n) is 8.10. The normalized spacial score (nSPS) is 14.3. The number of benzene rings is 1. The quantitative estimate of drug-likeness (QED) is 0.686. The minimum absolute atomic E-state index is 0.0728. The summed E-state index contributed by atoms with van der Waals surface area (Å²) < 4.78 is 18.1. The number of amides is 1. The van der Waals surface area contributed by atoms with E-state index in [1.807, 2.05) is 20.8 Å². The molecular weight excluding hydrogens is 313 g/mol. The van der Waals surface area contributed by atoms with Crippen molar-refractivity contribution in [2.24, 2.45) is 11.7 Å². The molecule has 0 aliphatic rings. The predicted octanol–water partition coefficient (Wildman–Crippen LogP) is 4.40. The molecule has 0 spiro atoms. The summed E-state index contributed by atoms with van der Waals surface area (Å²) in [6.45, 7) is 7.92. The van der Waals surface area contributed by atoms with E-state index in [0.717, 1.165) is 25.0 Å². The number of carbonyl (C=O) groups is 1. The van der Waals surface area contributed by atoms with Gasteiger partial charge in [0.15, 0.2) is 0 Å². The molecule has 1 aromatic rings. The summed E-state index contributed by atoms with van der Waals surface area (Å²) in [5.74, 6) is 1.60. The third kappa shape index (κ3) is 7.25. The number of carbonyl (C=O) groups excluding carboxylic acids is 1. The second-order valence-corrected chi connectivity index (χ2v) is 8.06.